The highest BCUT2D eigenvalue weighted by Crippen LogP contribution is 2.35. The topological polar surface area (TPSA) is 34.5 Å². The fourth-order valence-corrected chi connectivity index (χ4v) is 5.17. The van der Waals surface area contributed by atoms with E-state index in [9.17, 15) is 18.0 Å². The maximum atomic E-state index is 13.3. The fraction of sp³-hybridized carbons (Fsp3) is 0.346. The number of aromatic nitrogens is 1. The third-order valence-electron chi connectivity index (χ3n) is 6.75. The van der Waals surface area contributed by atoms with E-state index >= 15 is 0 Å². The Kier molecular flexibility index (Phi) is 7.11. The molecule has 0 N–H and O–H groups in total. The van der Waals surface area contributed by atoms with Crippen molar-refractivity contribution in [1.82, 2.24) is 9.47 Å². The van der Waals surface area contributed by atoms with E-state index in [2.05, 4.69) is 6.58 Å². The lowest BCUT2D eigenvalue weighted by Crippen LogP contribution is -2.39. The number of carbonyl (C=O) groups is 1. The molecule has 0 unspecified atom stereocenters. The first-order valence-corrected chi connectivity index (χ1v) is 11.9. The number of piperidine rings is 1. The second-order valence-corrected chi connectivity index (χ2v) is 9.55. The van der Waals surface area contributed by atoms with E-state index in [1.54, 1.807) is 35.8 Å². The first-order chi connectivity index (χ1) is 16.5. The van der Waals surface area contributed by atoms with E-state index in [0.717, 1.165) is 36.4 Å². The van der Waals surface area contributed by atoms with Gasteiger partial charge in [-0.1, -0.05) is 35.8 Å². The Balaban J connectivity index is 1.60. The molecule has 3 aromatic rings. The van der Waals surface area contributed by atoms with Gasteiger partial charge in [-0.25, -0.2) is 0 Å². The molecule has 0 saturated carbocycles. The van der Waals surface area contributed by atoms with Crippen LogP contribution < -0.4 is 0 Å². The number of methoxy groups -OCH3 is 1. The molecule has 0 bridgehead atoms. The zero-order valence-electron chi connectivity index (χ0n) is 19.4. The molecule has 2 heterocycles. The van der Waals surface area contributed by atoms with Gasteiger partial charge in [-0.2, -0.15) is 13.2 Å². The van der Waals surface area contributed by atoms with Crippen LogP contribution in [0.1, 0.15) is 40.0 Å². The van der Waals surface area contributed by atoms with Gasteiger partial charge in [0.15, 0.2) is 0 Å². The molecule has 0 radical (unpaired) electrons. The van der Waals surface area contributed by atoms with Crippen LogP contribution >= 0.6 is 23.2 Å². The van der Waals surface area contributed by atoms with Gasteiger partial charge in [0.25, 0.3) is 5.91 Å². The maximum absolute atomic E-state index is 13.3. The van der Waals surface area contributed by atoms with Crippen LogP contribution in [0.3, 0.4) is 0 Å². The highest BCUT2D eigenvalue weighted by molar-refractivity contribution is 6.38. The average molecular weight is 525 g/mol. The van der Waals surface area contributed by atoms with Crippen molar-refractivity contribution in [2.24, 2.45) is 13.0 Å². The molecule has 1 aliphatic heterocycles. The lowest BCUT2D eigenvalue weighted by Gasteiger charge is -2.32. The van der Waals surface area contributed by atoms with Gasteiger partial charge < -0.3 is 14.2 Å². The number of ether oxygens (including phenoxy) is 1. The lowest BCUT2D eigenvalue weighted by atomic mass is 9.94. The molecule has 4 nitrogen and oxygen atoms in total. The van der Waals surface area contributed by atoms with Gasteiger partial charge >= 0.3 is 6.18 Å². The Morgan fingerprint density at radius 1 is 1.14 bits per heavy atom. The Hall–Kier alpha value is -2.64. The predicted molar refractivity (Wildman–Crippen MR) is 132 cm³/mol. The number of fused-ring (bicyclic) bond motifs is 1. The standard InChI is InChI=1S/C26H25Cl2F3N2O2/c1-15(35-3)16-8-10-33(11-9-16)25(34)20-6-7-22(27)21(24(20)28)14-19-12-17-4-5-18(26(29,30)31)13-23(17)32(19)2/h4-7,12-13,16H,1,8-11,14H2,2-3H3. The zero-order valence-corrected chi connectivity index (χ0v) is 20.9. The van der Waals surface area contributed by atoms with E-state index in [-0.39, 0.29) is 23.3 Å². The first kappa shape index (κ1) is 25.5. The Bertz CT molecular complexity index is 1290. The molecule has 35 heavy (non-hydrogen) atoms. The van der Waals surface area contributed by atoms with Gasteiger partial charge in [0.2, 0.25) is 0 Å². The van der Waals surface area contributed by atoms with Crippen LogP contribution in [-0.4, -0.2) is 35.6 Å². The summed E-state index contributed by atoms with van der Waals surface area (Å²) in [5.74, 6) is 0.757. The number of amides is 1. The number of carbonyl (C=O) groups excluding carboxylic acids is 1. The number of benzene rings is 2. The molecule has 1 fully saturated rings. The largest absolute Gasteiger partial charge is 0.501 e. The summed E-state index contributed by atoms with van der Waals surface area (Å²) in [5.41, 5.74) is 1.39. The lowest BCUT2D eigenvalue weighted by molar-refractivity contribution is -0.137. The van der Waals surface area contributed by atoms with Gasteiger partial charge in [0, 0.05) is 48.7 Å². The van der Waals surface area contributed by atoms with E-state index < -0.39 is 11.7 Å². The molecular formula is C26H25Cl2F3N2O2. The summed E-state index contributed by atoms with van der Waals surface area (Å²) in [5, 5.41) is 1.32. The predicted octanol–water partition coefficient (Wildman–Crippen LogP) is 7.11. The summed E-state index contributed by atoms with van der Waals surface area (Å²) in [4.78, 5) is 15.0. The molecule has 4 rings (SSSR count). The highest BCUT2D eigenvalue weighted by Gasteiger charge is 2.31. The van der Waals surface area contributed by atoms with E-state index in [1.165, 1.54) is 6.07 Å². The number of nitrogens with zero attached hydrogens (tertiary/aromatic N) is 2. The summed E-state index contributed by atoms with van der Waals surface area (Å²) in [6, 6.07) is 8.71. The van der Waals surface area contributed by atoms with Crippen LogP contribution in [0.25, 0.3) is 10.9 Å². The van der Waals surface area contributed by atoms with E-state index in [1.807, 2.05) is 6.07 Å². The number of allylic oxidation sites excluding steroid dienone is 1. The zero-order chi connectivity index (χ0) is 25.5. The highest BCUT2D eigenvalue weighted by atomic mass is 35.5. The van der Waals surface area contributed by atoms with Crippen molar-refractivity contribution in [3.05, 3.63) is 81.2 Å². The van der Waals surface area contributed by atoms with Gasteiger partial charge in [-0.3, -0.25) is 4.79 Å². The number of alkyl halides is 3. The molecule has 1 aliphatic rings. The van der Waals surface area contributed by atoms with Crippen LogP contribution in [0.5, 0.6) is 0 Å². The van der Waals surface area contributed by atoms with Crippen LogP contribution in [0.4, 0.5) is 13.2 Å². The molecule has 0 spiro atoms. The molecule has 186 valence electrons. The monoisotopic (exact) mass is 524 g/mol. The number of hydrogen-bond donors (Lipinski definition) is 0. The van der Waals surface area contributed by atoms with Gasteiger partial charge in [-0.15, -0.1) is 0 Å². The average Bonchev–Trinajstić information content (AvgIpc) is 3.15. The summed E-state index contributed by atoms with van der Waals surface area (Å²) in [6.07, 6.45) is -2.65. The Morgan fingerprint density at radius 2 is 1.83 bits per heavy atom. The van der Waals surface area contributed by atoms with E-state index in [0.29, 0.717) is 40.1 Å². The minimum atomic E-state index is -4.43. The van der Waals surface area contributed by atoms with Gasteiger partial charge in [0.05, 0.1) is 29.0 Å². The Morgan fingerprint density at radius 3 is 2.46 bits per heavy atom. The third kappa shape index (κ3) is 5.02. The van der Waals surface area contributed by atoms with Crippen LogP contribution in [0.15, 0.2) is 48.7 Å². The molecule has 2 aromatic carbocycles. The summed E-state index contributed by atoms with van der Waals surface area (Å²) in [7, 11) is 3.30. The van der Waals surface area contributed by atoms with Crippen molar-refractivity contribution in [3.63, 3.8) is 0 Å². The van der Waals surface area contributed by atoms with Crippen molar-refractivity contribution >= 4 is 40.0 Å². The van der Waals surface area contributed by atoms with Crippen molar-refractivity contribution in [1.29, 1.82) is 0 Å². The number of hydrogen-bond acceptors (Lipinski definition) is 2. The van der Waals surface area contributed by atoms with Gasteiger partial charge in [-0.05, 0) is 54.1 Å². The first-order valence-electron chi connectivity index (χ1n) is 11.2. The molecule has 1 amide bonds. The van der Waals surface area contributed by atoms with Gasteiger partial charge in [0.1, 0.15) is 0 Å². The van der Waals surface area contributed by atoms with Crippen LogP contribution in [0.2, 0.25) is 10.0 Å². The minimum Gasteiger partial charge on any atom is -0.501 e. The second-order valence-electron chi connectivity index (χ2n) is 8.77. The van der Waals surface area contributed by atoms with Crippen molar-refractivity contribution in [2.75, 3.05) is 20.2 Å². The summed E-state index contributed by atoms with van der Waals surface area (Å²) < 4.78 is 46.4. The molecule has 9 heteroatoms. The number of likely N-dealkylation sites (tertiary alicyclic amines) is 1. The third-order valence-corrected chi connectivity index (χ3v) is 7.53. The number of rotatable bonds is 5. The molecule has 0 atom stereocenters. The molecule has 0 aliphatic carbocycles. The minimum absolute atomic E-state index is 0.179. The van der Waals surface area contributed by atoms with Crippen LogP contribution in [-0.2, 0) is 24.4 Å². The maximum Gasteiger partial charge on any atom is 0.416 e. The molecule has 1 aromatic heterocycles. The quantitative estimate of drug-likeness (QED) is 0.333. The molecule has 1 saturated heterocycles. The van der Waals surface area contributed by atoms with Crippen molar-refractivity contribution in [3.8, 4) is 0 Å². The van der Waals surface area contributed by atoms with Crippen molar-refractivity contribution in [2.45, 2.75) is 25.4 Å². The summed E-state index contributed by atoms with van der Waals surface area (Å²) in [6.45, 7) is 5.04. The summed E-state index contributed by atoms with van der Waals surface area (Å²) >= 11 is 13.1. The number of aryl methyl sites for hydroxylation is 1. The number of halogens is 5. The van der Waals surface area contributed by atoms with E-state index in [4.69, 9.17) is 27.9 Å². The second kappa shape index (κ2) is 9.78. The molecular weight excluding hydrogens is 500 g/mol. The van der Waals surface area contributed by atoms with Crippen molar-refractivity contribution < 1.29 is 22.7 Å². The smallest absolute Gasteiger partial charge is 0.416 e. The van der Waals surface area contributed by atoms with Crippen LogP contribution in [0, 0.1) is 5.92 Å². The Labute approximate surface area is 211 Å². The fourth-order valence-electron chi connectivity index (χ4n) is 4.58. The SMILES string of the molecule is C=C(OC)C1CCN(C(=O)c2ccc(Cl)c(Cc3cc4ccc(C(F)(F)F)cc4n3C)c2Cl)CC1. The normalized spacial score (nSPS) is 15.0.